The molecule has 1 heterocycles. The molecule has 0 unspecified atom stereocenters. The quantitative estimate of drug-likeness (QED) is 0.804. The van der Waals surface area contributed by atoms with Crippen molar-refractivity contribution in [3.05, 3.63) is 28.7 Å². The summed E-state index contributed by atoms with van der Waals surface area (Å²) in [4.78, 5) is 11.7. The minimum atomic E-state index is -0.0503. The lowest BCUT2D eigenvalue weighted by molar-refractivity contribution is 0.278. The second-order valence-corrected chi connectivity index (χ2v) is 4.91. The van der Waals surface area contributed by atoms with Crippen molar-refractivity contribution in [2.75, 3.05) is 5.73 Å². The van der Waals surface area contributed by atoms with E-state index in [2.05, 4.69) is 6.92 Å². The lowest BCUT2D eigenvalue weighted by Crippen LogP contribution is -2.29. The van der Waals surface area contributed by atoms with Gasteiger partial charge in [0.1, 0.15) is 0 Å². The molecule has 0 amide bonds. The molecule has 1 aromatic heterocycles. The highest BCUT2D eigenvalue weighted by molar-refractivity contribution is 5.33. The van der Waals surface area contributed by atoms with E-state index in [1.165, 1.54) is 25.7 Å². The maximum Gasteiger partial charge on any atom is 0.273 e. The molecule has 2 rings (SSSR count). The highest BCUT2D eigenvalue weighted by Crippen LogP contribution is 2.38. The van der Waals surface area contributed by atoms with Crippen molar-refractivity contribution in [2.45, 2.75) is 39.2 Å². The molecule has 0 spiro atoms. The molecule has 0 aliphatic heterocycles. The Balaban J connectivity index is 2.24. The predicted molar refractivity (Wildman–Crippen MR) is 61.7 cm³/mol. The molecule has 0 bridgehead atoms. The van der Waals surface area contributed by atoms with Gasteiger partial charge in [0, 0.05) is 12.7 Å². The average molecular weight is 206 g/mol. The van der Waals surface area contributed by atoms with Crippen LogP contribution in [0.15, 0.2) is 23.1 Å². The molecule has 2 N–H and O–H groups in total. The number of nitrogens with zero attached hydrogens (tertiary/aromatic N) is 1. The zero-order chi connectivity index (χ0) is 10.9. The zero-order valence-electron chi connectivity index (χ0n) is 9.20. The van der Waals surface area contributed by atoms with Gasteiger partial charge in [0.25, 0.3) is 5.56 Å². The van der Waals surface area contributed by atoms with Crippen LogP contribution in [0.1, 0.15) is 32.6 Å². The fourth-order valence-electron chi connectivity index (χ4n) is 2.48. The van der Waals surface area contributed by atoms with Crippen LogP contribution in [0, 0.1) is 5.41 Å². The first kappa shape index (κ1) is 10.3. The van der Waals surface area contributed by atoms with Crippen LogP contribution >= 0.6 is 0 Å². The van der Waals surface area contributed by atoms with Crippen molar-refractivity contribution in [3.8, 4) is 0 Å². The minimum Gasteiger partial charge on any atom is -0.394 e. The maximum atomic E-state index is 11.7. The van der Waals surface area contributed by atoms with E-state index in [0.29, 0.717) is 5.69 Å². The van der Waals surface area contributed by atoms with E-state index >= 15 is 0 Å². The maximum absolute atomic E-state index is 11.7. The van der Waals surface area contributed by atoms with Crippen molar-refractivity contribution in [1.29, 1.82) is 0 Å². The Hall–Kier alpha value is -1.25. The van der Waals surface area contributed by atoms with Crippen molar-refractivity contribution >= 4 is 5.69 Å². The van der Waals surface area contributed by atoms with E-state index < -0.39 is 0 Å². The van der Waals surface area contributed by atoms with Crippen molar-refractivity contribution < 1.29 is 0 Å². The van der Waals surface area contributed by atoms with Crippen LogP contribution in [0.2, 0.25) is 0 Å². The standard InChI is InChI=1S/C12H18N2O/c1-12(6-2-3-7-12)9-14-8-4-5-10(13)11(14)15/h4-5,8H,2-3,6-7,9,13H2,1H3. The van der Waals surface area contributed by atoms with Crippen LogP contribution < -0.4 is 11.3 Å². The molecule has 1 aliphatic carbocycles. The first-order valence-corrected chi connectivity index (χ1v) is 5.56. The Bertz CT molecular complexity index is 402. The molecule has 0 saturated heterocycles. The van der Waals surface area contributed by atoms with E-state index in [1.54, 1.807) is 10.6 Å². The number of anilines is 1. The summed E-state index contributed by atoms with van der Waals surface area (Å²) in [6.07, 6.45) is 6.84. The number of nitrogens with two attached hydrogens (primary N) is 1. The fraction of sp³-hybridized carbons (Fsp3) is 0.583. The van der Waals surface area contributed by atoms with Crippen molar-refractivity contribution in [3.63, 3.8) is 0 Å². The largest absolute Gasteiger partial charge is 0.394 e. The number of hydrogen-bond donors (Lipinski definition) is 1. The molecule has 1 saturated carbocycles. The van der Waals surface area contributed by atoms with Crippen LogP contribution in [-0.4, -0.2) is 4.57 Å². The van der Waals surface area contributed by atoms with E-state index in [9.17, 15) is 4.79 Å². The van der Waals surface area contributed by atoms with Crippen molar-refractivity contribution in [1.82, 2.24) is 4.57 Å². The van der Waals surface area contributed by atoms with Gasteiger partial charge >= 0.3 is 0 Å². The molecule has 15 heavy (non-hydrogen) atoms. The summed E-state index contributed by atoms with van der Waals surface area (Å²) in [5.41, 5.74) is 6.19. The minimum absolute atomic E-state index is 0.0503. The second-order valence-electron chi connectivity index (χ2n) is 4.91. The number of hydrogen-bond acceptors (Lipinski definition) is 2. The van der Waals surface area contributed by atoms with E-state index in [0.717, 1.165) is 6.54 Å². The van der Waals surface area contributed by atoms with Gasteiger partial charge in [-0.2, -0.15) is 0 Å². The van der Waals surface area contributed by atoms with Crippen LogP contribution in [0.5, 0.6) is 0 Å². The van der Waals surface area contributed by atoms with Gasteiger partial charge in [-0.3, -0.25) is 4.79 Å². The summed E-state index contributed by atoms with van der Waals surface area (Å²) < 4.78 is 1.75. The zero-order valence-corrected chi connectivity index (χ0v) is 9.20. The third kappa shape index (κ3) is 2.06. The summed E-state index contributed by atoms with van der Waals surface area (Å²) in [5.74, 6) is 0. The normalized spacial score (nSPS) is 19.3. The number of aromatic nitrogens is 1. The Morgan fingerprint density at radius 2 is 2.13 bits per heavy atom. The third-order valence-electron chi connectivity index (χ3n) is 3.41. The Morgan fingerprint density at radius 3 is 2.80 bits per heavy atom. The smallest absolute Gasteiger partial charge is 0.273 e. The van der Waals surface area contributed by atoms with Gasteiger partial charge in [0.2, 0.25) is 0 Å². The third-order valence-corrected chi connectivity index (χ3v) is 3.41. The number of pyridine rings is 1. The summed E-state index contributed by atoms with van der Waals surface area (Å²) >= 11 is 0. The number of rotatable bonds is 2. The molecule has 0 aromatic carbocycles. The molecule has 1 fully saturated rings. The summed E-state index contributed by atoms with van der Waals surface area (Å²) in [6.45, 7) is 3.06. The molecular weight excluding hydrogens is 188 g/mol. The van der Waals surface area contributed by atoms with Crippen LogP contribution in [-0.2, 0) is 6.54 Å². The van der Waals surface area contributed by atoms with Crippen molar-refractivity contribution in [2.24, 2.45) is 5.41 Å². The molecule has 82 valence electrons. The van der Waals surface area contributed by atoms with Crippen LogP contribution in [0.4, 0.5) is 5.69 Å². The monoisotopic (exact) mass is 206 g/mol. The number of nitrogen functional groups attached to an aromatic ring is 1. The van der Waals surface area contributed by atoms with Gasteiger partial charge < -0.3 is 10.3 Å². The predicted octanol–water partition coefficient (Wildman–Crippen LogP) is 2.01. The summed E-state index contributed by atoms with van der Waals surface area (Å²) in [7, 11) is 0. The summed E-state index contributed by atoms with van der Waals surface area (Å²) in [6, 6.07) is 3.50. The lowest BCUT2D eigenvalue weighted by atomic mass is 9.89. The van der Waals surface area contributed by atoms with Crippen LogP contribution in [0.3, 0.4) is 0 Å². The Labute approximate surface area is 89.9 Å². The van der Waals surface area contributed by atoms with Gasteiger partial charge in [-0.15, -0.1) is 0 Å². The highest BCUT2D eigenvalue weighted by atomic mass is 16.1. The molecule has 0 atom stereocenters. The van der Waals surface area contributed by atoms with E-state index in [1.807, 2.05) is 12.3 Å². The average Bonchev–Trinajstić information content (AvgIpc) is 2.60. The first-order valence-electron chi connectivity index (χ1n) is 5.56. The lowest BCUT2D eigenvalue weighted by Gasteiger charge is -2.24. The first-order chi connectivity index (χ1) is 7.11. The van der Waals surface area contributed by atoms with Gasteiger partial charge in [-0.25, -0.2) is 0 Å². The Kier molecular flexibility index (Phi) is 2.55. The van der Waals surface area contributed by atoms with Gasteiger partial charge in [0.15, 0.2) is 0 Å². The molecule has 1 aromatic rings. The second kappa shape index (κ2) is 3.72. The topological polar surface area (TPSA) is 48.0 Å². The molecule has 1 aliphatic rings. The highest BCUT2D eigenvalue weighted by Gasteiger charge is 2.29. The van der Waals surface area contributed by atoms with Gasteiger partial charge in [-0.05, 0) is 30.4 Å². The van der Waals surface area contributed by atoms with E-state index in [-0.39, 0.29) is 11.0 Å². The Morgan fingerprint density at radius 1 is 1.47 bits per heavy atom. The molecule has 3 heteroatoms. The summed E-state index contributed by atoms with van der Waals surface area (Å²) in [5, 5.41) is 0. The SMILES string of the molecule is CC1(Cn2cccc(N)c2=O)CCCC1. The molecule has 3 nitrogen and oxygen atoms in total. The van der Waals surface area contributed by atoms with Gasteiger partial charge in [-0.1, -0.05) is 19.8 Å². The fourth-order valence-corrected chi connectivity index (χ4v) is 2.48. The van der Waals surface area contributed by atoms with E-state index in [4.69, 9.17) is 5.73 Å². The van der Waals surface area contributed by atoms with Gasteiger partial charge in [0.05, 0.1) is 5.69 Å². The molecular formula is C12H18N2O. The van der Waals surface area contributed by atoms with Crippen LogP contribution in [0.25, 0.3) is 0 Å². The molecule has 0 radical (unpaired) electrons.